The second-order valence-electron chi connectivity index (χ2n) is 4.08. The lowest BCUT2D eigenvalue weighted by Gasteiger charge is -2.10. The van der Waals surface area contributed by atoms with E-state index in [0.717, 1.165) is 5.56 Å². The van der Waals surface area contributed by atoms with E-state index < -0.39 is 10.8 Å². The number of carbonyl (C=O) groups excluding carboxylic acids is 1. The number of aryl methyl sites for hydroxylation is 1. The van der Waals surface area contributed by atoms with Crippen LogP contribution in [-0.4, -0.2) is 28.7 Å². The van der Waals surface area contributed by atoms with Crippen molar-refractivity contribution < 1.29 is 9.00 Å². The van der Waals surface area contributed by atoms with Gasteiger partial charge >= 0.3 is 0 Å². The first-order chi connectivity index (χ1) is 8.54. The molecule has 5 nitrogen and oxygen atoms in total. The van der Waals surface area contributed by atoms with Gasteiger partial charge in [0, 0.05) is 29.4 Å². The molecule has 0 heterocycles. The van der Waals surface area contributed by atoms with E-state index in [1.165, 1.54) is 0 Å². The third-order valence-corrected chi connectivity index (χ3v) is 3.33. The molecule has 0 bridgehead atoms. The number of rotatable bonds is 6. The molecule has 1 amide bonds. The highest BCUT2D eigenvalue weighted by Crippen LogP contribution is 2.16. The van der Waals surface area contributed by atoms with Gasteiger partial charge in [0.2, 0.25) is 0 Å². The van der Waals surface area contributed by atoms with Crippen LogP contribution in [0.4, 0.5) is 5.69 Å². The molecule has 1 aromatic rings. The van der Waals surface area contributed by atoms with Crippen molar-refractivity contribution in [2.24, 2.45) is 5.84 Å². The van der Waals surface area contributed by atoms with E-state index in [-0.39, 0.29) is 5.91 Å². The molecule has 0 aromatic heterocycles. The van der Waals surface area contributed by atoms with Gasteiger partial charge in [-0.25, -0.2) is 0 Å². The summed E-state index contributed by atoms with van der Waals surface area (Å²) in [6, 6.07) is 5.41. The molecule has 0 aliphatic carbocycles. The Hall–Kier alpha value is -1.40. The molecule has 1 rings (SSSR count). The van der Waals surface area contributed by atoms with E-state index in [0.29, 0.717) is 30.0 Å². The molecule has 0 fully saturated rings. The van der Waals surface area contributed by atoms with E-state index in [1.807, 2.05) is 19.1 Å². The molecule has 0 saturated carbocycles. The van der Waals surface area contributed by atoms with Crippen molar-refractivity contribution >= 4 is 22.4 Å². The second-order valence-corrected chi connectivity index (χ2v) is 5.63. The standard InChI is InChI=1S/C12H19N3O2S/c1-9-4-5-10(11(8-9)15-13)12(16)14-6-3-7-18(2)17/h4-5,8,15H,3,6-7,13H2,1-2H3,(H,14,16). The zero-order valence-corrected chi connectivity index (χ0v) is 11.5. The SMILES string of the molecule is Cc1ccc(C(=O)NCCCS(C)=O)c(NN)c1. The van der Waals surface area contributed by atoms with Crippen LogP contribution in [-0.2, 0) is 10.8 Å². The topological polar surface area (TPSA) is 84.2 Å². The first-order valence-electron chi connectivity index (χ1n) is 5.70. The van der Waals surface area contributed by atoms with E-state index in [9.17, 15) is 9.00 Å². The van der Waals surface area contributed by atoms with Gasteiger partial charge in [-0.1, -0.05) is 6.07 Å². The van der Waals surface area contributed by atoms with Gasteiger partial charge in [-0.15, -0.1) is 0 Å². The minimum Gasteiger partial charge on any atom is -0.352 e. The highest BCUT2D eigenvalue weighted by atomic mass is 32.2. The van der Waals surface area contributed by atoms with Gasteiger partial charge in [-0.2, -0.15) is 0 Å². The largest absolute Gasteiger partial charge is 0.352 e. The Balaban J connectivity index is 2.58. The van der Waals surface area contributed by atoms with E-state index >= 15 is 0 Å². The Bertz CT molecular complexity index is 449. The zero-order valence-electron chi connectivity index (χ0n) is 10.7. The summed E-state index contributed by atoms with van der Waals surface area (Å²) in [5.74, 6) is 5.80. The van der Waals surface area contributed by atoms with Crippen molar-refractivity contribution in [3.63, 3.8) is 0 Å². The monoisotopic (exact) mass is 269 g/mol. The number of hydrazine groups is 1. The molecular formula is C12H19N3O2S. The molecular weight excluding hydrogens is 250 g/mol. The lowest BCUT2D eigenvalue weighted by Crippen LogP contribution is -2.27. The fourth-order valence-corrected chi connectivity index (χ4v) is 2.10. The van der Waals surface area contributed by atoms with Crippen LogP contribution in [0.25, 0.3) is 0 Å². The first-order valence-corrected chi connectivity index (χ1v) is 7.43. The fraction of sp³-hybridized carbons (Fsp3) is 0.417. The van der Waals surface area contributed by atoms with Crippen molar-refractivity contribution in [3.05, 3.63) is 29.3 Å². The summed E-state index contributed by atoms with van der Waals surface area (Å²) >= 11 is 0. The molecule has 0 radical (unpaired) electrons. The van der Waals surface area contributed by atoms with Crippen LogP contribution in [0.2, 0.25) is 0 Å². The third kappa shape index (κ3) is 4.46. The van der Waals surface area contributed by atoms with Crippen LogP contribution in [0.5, 0.6) is 0 Å². The predicted octanol–water partition coefficient (Wildman–Crippen LogP) is 0.779. The van der Waals surface area contributed by atoms with Crippen molar-refractivity contribution in [2.75, 3.05) is 24.0 Å². The van der Waals surface area contributed by atoms with Crippen molar-refractivity contribution in [2.45, 2.75) is 13.3 Å². The van der Waals surface area contributed by atoms with Gasteiger partial charge < -0.3 is 10.7 Å². The third-order valence-electron chi connectivity index (χ3n) is 2.47. The number of nitrogens with two attached hydrogens (primary N) is 1. The molecule has 1 unspecified atom stereocenters. The number of amides is 1. The van der Waals surface area contributed by atoms with Crippen molar-refractivity contribution in [1.82, 2.24) is 5.32 Å². The van der Waals surface area contributed by atoms with Crippen molar-refractivity contribution in [1.29, 1.82) is 0 Å². The number of hydrogen-bond acceptors (Lipinski definition) is 4. The Morgan fingerprint density at radius 2 is 2.17 bits per heavy atom. The quantitative estimate of drug-likeness (QED) is 0.405. The van der Waals surface area contributed by atoms with Crippen LogP contribution >= 0.6 is 0 Å². The number of nitrogens with one attached hydrogen (secondary N) is 2. The lowest BCUT2D eigenvalue weighted by atomic mass is 10.1. The number of anilines is 1. The normalized spacial score (nSPS) is 11.9. The van der Waals surface area contributed by atoms with Gasteiger partial charge in [0.05, 0.1) is 11.3 Å². The Labute approximate surface area is 110 Å². The van der Waals surface area contributed by atoms with Gasteiger partial charge in [0.15, 0.2) is 0 Å². The Kier molecular flexibility index (Phi) is 5.80. The number of carbonyl (C=O) groups is 1. The Morgan fingerprint density at radius 1 is 1.44 bits per heavy atom. The number of nitrogen functional groups attached to an aromatic ring is 1. The van der Waals surface area contributed by atoms with Gasteiger partial charge in [-0.3, -0.25) is 14.8 Å². The highest BCUT2D eigenvalue weighted by molar-refractivity contribution is 7.84. The maximum Gasteiger partial charge on any atom is 0.253 e. The van der Waals surface area contributed by atoms with Crippen LogP contribution in [0.1, 0.15) is 22.3 Å². The molecule has 0 spiro atoms. The summed E-state index contributed by atoms with van der Waals surface area (Å²) in [4.78, 5) is 11.9. The van der Waals surface area contributed by atoms with Crippen LogP contribution in [0.3, 0.4) is 0 Å². The fourth-order valence-electron chi connectivity index (χ4n) is 1.55. The molecule has 100 valence electrons. The second kappa shape index (κ2) is 7.13. The highest BCUT2D eigenvalue weighted by Gasteiger charge is 2.10. The summed E-state index contributed by atoms with van der Waals surface area (Å²) < 4.78 is 10.9. The molecule has 0 aliphatic heterocycles. The van der Waals surface area contributed by atoms with E-state index in [2.05, 4.69) is 10.7 Å². The molecule has 18 heavy (non-hydrogen) atoms. The zero-order chi connectivity index (χ0) is 13.5. The smallest absolute Gasteiger partial charge is 0.253 e. The van der Waals surface area contributed by atoms with Crippen LogP contribution in [0, 0.1) is 6.92 Å². The van der Waals surface area contributed by atoms with Crippen LogP contribution < -0.4 is 16.6 Å². The molecule has 6 heteroatoms. The molecule has 1 atom stereocenters. The summed E-state index contributed by atoms with van der Waals surface area (Å²) in [6.07, 6.45) is 2.35. The minimum atomic E-state index is -0.818. The van der Waals surface area contributed by atoms with E-state index in [4.69, 9.17) is 5.84 Å². The first kappa shape index (κ1) is 14.7. The summed E-state index contributed by atoms with van der Waals surface area (Å²) in [5.41, 5.74) is 4.66. The average Bonchev–Trinajstić information content (AvgIpc) is 2.33. The summed E-state index contributed by atoms with van der Waals surface area (Å²) in [7, 11) is -0.818. The van der Waals surface area contributed by atoms with E-state index in [1.54, 1.807) is 12.3 Å². The minimum absolute atomic E-state index is 0.176. The Morgan fingerprint density at radius 3 is 2.78 bits per heavy atom. The maximum atomic E-state index is 11.9. The molecule has 0 saturated heterocycles. The number of hydrogen-bond donors (Lipinski definition) is 3. The maximum absolute atomic E-state index is 11.9. The summed E-state index contributed by atoms with van der Waals surface area (Å²) in [5, 5.41) is 2.78. The molecule has 4 N–H and O–H groups in total. The van der Waals surface area contributed by atoms with Crippen molar-refractivity contribution in [3.8, 4) is 0 Å². The molecule has 0 aliphatic rings. The number of benzene rings is 1. The summed E-state index contributed by atoms with van der Waals surface area (Å²) in [6.45, 7) is 2.44. The average molecular weight is 269 g/mol. The van der Waals surface area contributed by atoms with Crippen LogP contribution in [0.15, 0.2) is 18.2 Å². The molecule has 1 aromatic carbocycles. The lowest BCUT2D eigenvalue weighted by molar-refractivity contribution is 0.0954. The van der Waals surface area contributed by atoms with Gasteiger partial charge in [0.25, 0.3) is 5.91 Å². The van der Waals surface area contributed by atoms with Gasteiger partial charge in [-0.05, 0) is 31.0 Å². The van der Waals surface area contributed by atoms with Gasteiger partial charge in [0.1, 0.15) is 0 Å². The predicted molar refractivity (Wildman–Crippen MR) is 74.9 cm³/mol.